The quantitative estimate of drug-likeness (QED) is 0.694. The van der Waals surface area contributed by atoms with Gasteiger partial charge in [-0.2, -0.15) is 5.10 Å². The molecule has 0 unspecified atom stereocenters. The van der Waals surface area contributed by atoms with Gasteiger partial charge in [0, 0.05) is 11.1 Å². The predicted octanol–water partition coefficient (Wildman–Crippen LogP) is 3.68. The lowest BCUT2D eigenvalue weighted by Gasteiger charge is -2.10. The second-order valence-corrected chi connectivity index (χ2v) is 5.96. The fourth-order valence-corrected chi connectivity index (χ4v) is 2.96. The number of imidazole rings is 1. The van der Waals surface area contributed by atoms with Crippen molar-refractivity contribution in [3.8, 4) is 17.1 Å². The Morgan fingerprint density at radius 3 is 2.88 bits per heavy atom. The van der Waals surface area contributed by atoms with Crippen molar-refractivity contribution in [2.45, 2.75) is 46.3 Å². The number of aromatic amines is 1. The summed E-state index contributed by atoms with van der Waals surface area (Å²) in [5, 5.41) is 14.0. The Balaban J connectivity index is 1.98. The lowest BCUT2D eigenvalue weighted by atomic mass is 10.1. The van der Waals surface area contributed by atoms with Gasteiger partial charge in [0.25, 0.3) is 0 Å². The van der Waals surface area contributed by atoms with Gasteiger partial charge < -0.3 is 14.8 Å². The summed E-state index contributed by atoms with van der Waals surface area (Å²) in [4.78, 5) is 8.03. The summed E-state index contributed by atoms with van der Waals surface area (Å²) in [6, 6.07) is 6.06. The Kier molecular flexibility index (Phi) is 4.85. The van der Waals surface area contributed by atoms with E-state index in [1.165, 1.54) is 0 Å². The first kappa shape index (κ1) is 16.5. The number of nitrogens with zero attached hydrogens (tertiary/aromatic N) is 3. The predicted molar refractivity (Wildman–Crippen MR) is 94.0 cm³/mol. The molecule has 6 nitrogen and oxygen atoms in total. The van der Waals surface area contributed by atoms with Crippen molar-refractivity contribution in [1.82, 2.24) is 19.7 Å². The van der Waals surface area contributed by atoms with Crippen LogP contribution in [0.15, 0.2) is 24.4 Å². The van der Waals surface area contributed by atoms with Gasteiger partial charge in [0.05, 0.1) is 25.5 Å². The first-order valence-corrected chi connectivity index (χ1v) is 8.48. The molecule has 24 heavy (non-hydrogen) atoms. The highest BCUT2D eigenvalue weighted by molar-refractivity contribution is 5.76. The van der Waals surface area contributed by atoms with Crippen LogP contribution in [0.4, 0.5) is 0 Å². The van der Waals surface area contributed by atoms with Crippen molar-refractivity contribution in [3.05, 3.63) is 30.0 Å². The standard InChI is InChI=1S/C18H24N4O2/c1-4-6-12(3)22-18-15(10-19-22)20-17(21-18)13-7-8-16(24-5-2)14(9-13)11-23/h7-10,12,23H,4-6,11H2,1-3H3,(H,20,21)/t12-/m0/s1. The molecule has 0 spiro atoms. The molecule has 0 saturated heterocycles. The highest BCUT2D eigenvalue weighted by atomic mass is 16.5. The summed E-state index contributed by atoms with van der Waals surface area (Å²) in [6.45, 7) is 6.76. The molecule has 2 aromatic heterocycles. The molecule has 0 aliphatic carbocycles. The topological polar surface area (TPSA) is 76.0 Å². The van der Waals surface area contributed by atoms with Crippen LogP contribution in [-0.2, 0) is 6.61 Å². The van der Waals surface area contributed by atoms with Crippen LogP contribution in [0.25, 0.3) is 22.6 Å². The Labute approximate surface area is 141 Å². The van der Waals surface area contributed by atoms with Crippen LogP contribution in [0.1, 0.15) is 45.2 Å². The lowest BCUT2D eigenvalue weighted by Crippen LogP contribution is -2.06. The minimum atomic E-state index is -0.0648. The molecule has 6 heteroatoms. The van der Waals surface area contributed by atoms with E-state index in [2.05, 4.69) is 23.9 Å². The third kappa shape index (κ3) is 3.01. The molecule has 3 rings (SSSR count). The molecule has 0 bridgehead atoms. The van der Waals surface area contributed by atoms with E-state index in [1.54, 1.807) is 0 Å². The van der Waals surface area contributed by atoms with Crippen molar-refractivity contribution < 1.29 is 9.84 Å². The Morgan fingerprint density at radius 1 is 1.33 bits per heavy atom. The van der Waals surface area contributed by atoms with E-state index in [-0.39, 0.29) is 6.61 Å². The highest BCUT2D eigenvalue weighted by Gasteiger charge is 2.15. The third-order valence-electron chi connectivity index (χ3n) is 4.17. The third-order valence-corrected chi connectivity index (χ3v) is 4.17. The first-order chi connectivity index (χ1) is 11.7. The highest BCUT2D eigenvalue weighted by Crippen LogP contribution is 2.28. The van der Waals surface area contributed by atoms with E-state index < -0.39 is 0 Å². The van der Waals surface area contributed by atoms with Crippen molar-refractivity contribution in [2.75, 3.05) is 6.61 Å². The van der Waals surface area contributed by atoms with Crippen LogP contribution in [-0.4, -0.2) is 31.5 Å². The van der Waals surface area contributed by atoms with Gasteiger partial charge in [-0.3, -0.25) is 0 Å². The number of benzene rings is 1. The molecular formula is C18H24N4O2. The van der Waals surface area contributed by atoms with E-state index in [0.29, 0.717) is 18.4 Å². The summed E-state index contributed by atoms with van der Waals surface area (Å²) in [6.07, 6.45) is 3.99. The SMILES string of the molecule is CCC[C@H](C)n1ncc2[nH]c(-c3ccc(OCC)c(CO)c3)nc21. The summed E-state index contributed by atoms with van der Waals surface area (Å²) in [5.41, 5.74) is 3.47. The van der Waals surface area contributed by atoms with E-state index >= 15 is 0 Å². The van der Waals surface area contributed by atoms with Gasteiger partial charge in [-0.1, -0.05) is 13.3 Å². The van der Waals surface area contributed by atoms with Crippen LogP contribution >= 0.6 is 0 Å². The normalized spacial score (nSPS) is 12.7. The maximum absolute atomic E-state index is 9.57. The number of fused-ring (bicyclic) bond motifs is 1. The van der Waals surface area contributed by atoms with Crippen molar-refractivity contribution in [1.29, 1.82) is 0 Å². The maximum atomic E-state index is 9.57. The van der Waals surface area contributed by atoms with Crippen molar-refractivity contribution >= 4 is 11.2 Å². The summed E-state index contributed by atoms with van der Waals surface area (Å²) >= 11 is 0. The van der Waals surface area contributed by atoms with Crippen LogP contribution in [0, 0.1) is 0 Å². The number of hydrogen-bond acceptors (Lipinski definition) is 4. The Morgan fingerprint density at radius 2 is 2.17 bits per heavy atom. The smallest absolute Gasteiger partial charge is 0.177 e. The zero-order valence-electron chi connectivity index (χ0n) is 14.4. The summed E-state index contributed by atoms with van der Waals surface area (Å²) in [7, 11) is 0. The van der Waals surface area contributed by atoms with Gasteiger partial charge in [-0.05, 0) is 38.5 Å². The molecule has 2 N–H and O–H groups in total. The fraction of sp³-hybridized carbons (Fsp3) is 0.444. The van der Waals surface area contributed by atoms with Crippen molar-refractivity contribution in [3.63, 3.8) is 0 Å². The van der Waals surface area contributed by atoms with Gasteiger partial charge in [-0.15, -0.1) is 0 Å². The molecule has 0 aliphatic rings. The minimum Gasteiger partial charge on any atom is -0.494 e. The molecule has 2 heterocycles. The largest absolute Gasteiger partial charge is 0.494 e. The molecular weight excluding hydrogens is 304 g/mol. The second kappa shape index (κ2) is 7.05. The number of nitrogens with one attached hydrogen (secondary N) is 1. The fourth-order valence-electron chi connectivity index (χ4n) is 2.96. The molecule has 3 aromatic rings. The number of H-pyrrole nitrogens is 1. The molecule has 128 valence electrons. The van der Waals surface area contributed by atoms with Crippen molar-refractivity contribution in [2.24, 2.45) is 0 Å². The van der Waals surface area contributed by atoms with Gasteiger partial charge in [-0.25, -0.2) is 9.67 Å². The number of aromatic nitrogens is 4. The van der Waals surface area contributed by atoms with Crippen LogP contribution in [0.2, 0.25) is 0 Å². The number of aliphatic hydroxyl groups is 1. The zero-order chi connectivity index (χ0) is 17.1. The summed E-state index contributed by atoms with van der Waals surface area (Å²) in [5.74, 6) is 1.49. The monoisotopic (exact) mass is 328 g/mol. The van der Waals surface area contributed by atoms with Gasteiger partial charge in [0.1, 0.15) is 17.1 Å². The van der Waals surface area contributed by atoms with Gasteiger partial charge in [0.15, 0.2) is 5.65 Å². The Hall–Kier alpha value is -2.34. The number of rotatable bonds is 7. The molecule has 0 radical (unpaired) electrons. The molecule has 1 aromatic carbocycles. The van der Waals surface area contributed by atoms with Gasteiger partial charge >= 0.3 is 0 Å². The van der Waals surface area contributed by atoms with E-state index in [1.807, 2.05) is 36.0 Å². The van der Waals surface area contributed by atoms with Crippen LogP contribution in [0.3, 0.4) is 0 Å². The van der Waals surface area contributed by atoms with E-state index in [0.717, 1.165) is 41.0 Å². The number of ether oxygens (including phenoxy) is 1. The average Bonchev–Trinajstić information content (AvgIpc) is 3.16. The minimum absolute atomic E-state index is 0.0648. The number of hydrogen-bond donors (Lipinski definition) is 2. The lowest BCUT2D eigenvalue weighted by molar-refractivity contribution is 0.267. The molecule has 1 atom stereocenters. The van der Waals surface area contributed by atoms with Crippen LogP contribution in [0.5, 0.6) is 5.75 Å². The van der Waals surface area contributed by atoms with E-state index in [9.17, 15) is 5.11 Å². The first-order valence-electron chi connectivity index (χ1n) is 8.48. The number of aliphatic hydroxyl groups excluding tert-OH is 1. The Bertz CT molecular complexity index is 822. The average molecular weight is 328 g/mol. The molecule has 0 fully saturated rings. The van der Waals surface area contributed by atoms with Crippen LogP contribution < -0.4 is 4.74 Å². The zero-order valence-corrected chi connectivity index (χ0v) is 14.4. The maximum Gasteiger partial charge on any atom is 0.177 e. The second-order valence-electron chi connectivity index (χ2n) is 5.96. The molecule has 0 aliphatic heterocycles. The molecule has 0 amide bonds. The van der Waals surface area contributed by atoms with Gasteiger partial charge in [0.2, 0.25) is 0 Å². The molecule has 0 saturated carbocycles. The summed E-state index contributed by atoms with van der Waals surface area (Å²) < 4.78 is 7.51. The van der Waals surface area contributed by atoms with E-state index in [4.69, 9.17) is 9.72 Å².